The highest BCUT2D eigenvalue weighted by Crippen LogP contribution is 1.85. The van der Waals surface area contributed by atoms with Crippen molar-refractivity contribution in [3.63, 3.8) is 0 Å². The third kappa shape index (κ3) is 6.14. The predicted molar refractivity (Wildman–Crippen MR) is 59.6 cm³/mol. The van der Waals surface area contributed by atoms with Gasteiger partial charge in [0.05, 0.1) is 12.6 Å². The van der Waals surface area contributed by atoms with Crippen LogP contribution in [0.3, 0.4) is 0 Å². The van der Waals surface area contributed by atoms with Gasteiger partial charge in [0.1, 0.15) is 6.54 Å². The molecule has 94 valence electrons. The van der Waals surface area contributed by atoms with E-state index in [2.05, 4.69) is 10.6 Å². The lowest BCUT2D eigenvalue weighted by Gasteiger charge is -2.15. The highest BCUT2D eigenvalue weighted by Gasteiger charge is 2.19. The maximum atomic E-state index is 11.4. The minimum Gasteiger partial charge on any atom is -0.355 e. The van der Waals surface area contributed by atoms with E-state index in [-0.39, 0.29) is 19.0 Å². The van der Waals surface area contributed by atoms with Gasteiger partial charge in [-0.2, -0.15) is 5.26 Å². The number of nitrogens with zero attached hydrogens (tertiary/aromatic N) is 2. The molecule has 0 bridgehead atoms. The van der Waals surface area contributed by atoms with Gasteiger partial charge in [-0.3, -0.25) is 14.4 Å². The van der Waals surface area contributed by atoms with Gasteiger partial charge in [0.15, 0.2) is 0 Å². The second-order valence-corrected chi connectivity index (χ2v) is 3.35. The molecule has 0 aromatic heterocycles. The van der Waals surface area contributed by atoms with Gasteiger partial charge >= 0.3 is 11.8 Å². The molecule has 7 nitrogen and oxygen atoms in total. The lowest BCUT2D eigenvalue weighted by molar-refractivity contribution is -0.146. The molecule has 0 radical (unpaired) electrons. The molecule has 0 rings (SSSR count). The number of nitrogens with one attached hydrogen (secondary N) is 2. The Hall–Kier alpha value is -2.10. The van der Waals surface area contributed by atoms with Gasteiger partial charge < -0.3 is 15.5 Å². The van der Waals surface area contributed by atoms with Gasteiger partial charge in [0.2, 0.25) is 5.91 Å². The molecule has 0 heterocycles. The Labute approximate surface area is 99.8 Å². The molecule has 0 aromatic rings. The number of hydrogen-bond acceptors (Lipinski definition) is 4. The number of amides is 3. The van der Waals surface area contributed by atoms with Gasteiger partial charge in [0.25, 0.3) is 0 Å². The molecule has 7 heteroatoms. The highest BCUT2D eigenvalue weighted by atomic mass is 16.2. The Morgan fingerprint density at radius 2 is 1.94 bits per heavy atom. The summed E-state index contributed by atoms with van der Waals surface area (Å²) >= 11 is 0. The molecule has 0 fully saturated rings. The van der Waals surface area contributed by atoms with Crippen LogP contribution in [-0.4, -0.2) is 49.3 Å². The molecule has 3 amide bonds. The standard InChI is InChI=1S/C10H16N4O3/c1-3-5-12-8(15)7-14(2)10(17)9(16)13-6-4-11/h3,5-7H2,1-2H3,(H,12,15)(H,13,16). The third-order valence-corrected chi connectivity index (χ3v) is 1.82. The zero-order valence-corrected chi connectivity index (χ0v) is 9.95. The Morgan fingerprint density at radius 3 is 2.47 bits per heavy atom. The Kier molecular flexibility index (Phi) is 7.10. The highest BCUT2D eigenvalue weighted by molar-refractivity contribution is 6.35. The van der Waals surface area contributed by atoms with Crippen LogP contribution in [0.15, 0.2) is 0 Å². The van der Waals surface area contributed by atoms with Gasteiger partial charge in [-0.15, -0.1) is 0 Å². The number of carbonyl (C=O) groups is 3. The number of hydrogen-bond donors (Lipinski definition) is 2. The van der Waals surface area contributed by atoms with E-state index >= 15 is 0 Å². The summed E-state index contributed by atoms with van der Waals surface area (Å²) in [6, 6.07) is 1.68. The molecule has 2 N–H and O–H groups in total. The summed E-state index contributed by atoms with van der Waals surface area (Å²) in [5.74, 6) is -2.06. The fourth-order valence-corrected chi connectivity index (χ4v) is 0.976. The number of rotatable bonds is 5. The van der Waals surface area contributed by atoms with Crippen LogP contribution in [0, 0.1) is 11.3 Å². The number of likely N-dealkylation sites (N-methyl/N-ethyl adjacent to an activating group) is 1. The van der Waals surface area contributed by atoms with Crippen molar-refractivity contribution in [3.05, 3.63) is 0 Å². The molecule has 0 aliphatic heterocycles. The van der Waals surface area contributed by atoms with Crippen molar-refractivity contribution in [3.8, 4) is 6.07 Å². The lowest BCUT2D eigenvalue weighted by Crippen LogP contribution is -2.45. The number of carbonyl (C=O) groups excluding carboxylic acids is 3. The second-order valence-electron chi connectivity index (χ2n) is 3.35. The van der Waals surface area contributed by atoms with E-state index in [1.54, 1.807) is 6.07 Å². The summed E-state index contributed by atoms with van der Waals surface area (Å²) in [6.07, 6.45) is 0.798. The quantitative estimate of drug-likeness (QED) is 0.456. The molecule has 0 atom stereocenters. The van der Waals surface area contributed by atoms with Crippen molar-refractivity contribution in [1.29, 1.82) is 5.26 Å². The van der Waals surface area contributed by atoms with Crippen molar-refractivity contribution in [2.45, 2.75) is 13.3 Å². The van der Waals surface area contributed by atoms with Crippen LogP contribution in [0.5, 0.6) is 0 Å². The molecule has 0 aliphatic carbocycles. The zero-order chi connectivity index (χ0) is 13.3. The van der Waals surface area contributed by atoms with Crippen LogP contribution in [0.25, 0.3) is 0 Å². The molecule has 0 saturated carbocycles. The Bertz CT molecular complexity index is 335. The average Bonchev–Trinajstić information content (AvgIpc) is 2.32. The van der Waals surface area contributed by atoms with Gasteiger partial charge in [0, 0.05) is 13.6 Å². The Balaban J connectivity index is 4.09. The molecular formula is C10H16N4O3. The smallest absolute Gasteiger partial charge is 0.312 e. The molecular weight excluding hydrogens is 224 g/mol. The van der Waals surface area contributed by atoms with Crippen LogP contribution < -0.4 is 10.6 Å². The van der Waals surface area contributed by atoms with E-state index in [9.17, 15) is 14.4 Å². The first-order valence-electron chi connectivity index (χ1n) is 5.19. The molecule has 0 aliphatic rings. The fourth-order valence-electron chi connectivity index (χ4n) is 0.976. The zero-order valence-electron chi connectivity index (χ0n) is 9.95. The van der Waals surface area contributed by atoms with Crippen LogP contribution in [0.2, 0.25) is 0 Å². The van der Waals surface area contributed by atoms with E-state index in [1.807, 2.05) is 6.92 Å². The van der Waals surface area contributed by atoms with Crippen LogP contribution in [0.4, 0.5) is 0 Å². The summed E-state index contributed by atoms with van der Waals surface area (Å²) in [4.78, 5) is 34.8. The SMILES string of the molecule is CCCNC(=O)CN(C)C(=O)C(=O)NCC#N. The van der Waals surface area contributed by atoms with E-state index in [4.69, 9.17) is 5.26 Å². The maximum absolute atomic E-state index is 11.4. The fraction of sp³-hybridized carbons (Fsp3) is 0.600. The lowest BCUT2D eigenvalue weighted by atomic mass is 10.4. The summed E-state index contributed by atoms with van der Waals surface area (Å²) < 4.78 is 0. The second kappa shape index (κ2) is 8.10. The summed E-state index contributed by atoms with van der Waals surface area (Å²) in [7, 11) is 1.35. The van der Waals surface area contributed by atoms with Crippen molar-refractivity contribution in [2.24, 2.45) is 0 Å². The average molecular weight is 240 g/mol. The first kappa shape index (κ1) is 14.9. The van der Waals surface area contributed by atoms with Crippen molar-refractivity contribution < 1.29 is 14.4 Å². The van der Waals surface area contributed by atoms with Crippen molar-refractivity contribution >= 4 is 17.7 Å². The van der Waals surface area contributed by atoms with Crippen molar-refractivity contribution in [2.75, 3.05) is 26.7 Å². The molecule has 0 saturated heterocycles. The minimum absolute atomic E-state index is 0.182. The summed E-state index contributed by atoms with van der Waals surface area (Å²) in [5, 5.41) is 12.9. The molecule has 0 spiro atoms. The predicted octanol–water partition coefficient (Wildman–Crippen LogP) is -1.39. The van der Waals surface area contributed by atoms with E-state index in [0.717, 1.165) is 11.3 Å². The van der Waals surface area contributed by atoms with Gasteiger partial charge in [-0.25, -0.2) is 0 Å². The van der Waals surface area contributed by atoms with E-state index in [1.165, 1.54) is 7.05 Å². The van der Waals surface area contributed by atoms with E-state index < -0.39 is 11.8 Å². The van der Waals surface area contributed by atoms with Gasteiger partial charge in [-0.1, -0.05) is 6.92 Å². The first-order valence-corrected chi connectivity index (χ1v) is 5.19. The maximum Gasteiger partial charge on any atom is 0.312 e. The summed E-state index contributed by atoms with van der Waals surface area (Å²) in [5.41, 5.74) is 0. The third-order valence-electron chi connectivity index (χ3n) is 1.82. The van der Waals surface area contributed by atoms with Crippen LogP contribution in [-0.2, 0) is 14.4 Å². The van der Waals surface area contributed by atoms with Crippen LogP contribution >= 0.6 is 0 Å². The molecule has 0 unspecified atom stereocenters. The number of nitriles is 1. The Morgan fingerprint density at radius 1 is 1.29 bits per heavy atom. The minimum atomic E-state index is -0.891. The summed E-state index contributed by atoms with van der Waals surface area (Å²) in [6.45, 7) is 2.02. The largest absolute Gasteiger partial charge is 0.355 e. The first-order chi connectivity index (χ1) is 8.02. The van der Waals surface area contributed by atoms with E-state index in [0.29, 0.717) is 6.54 Å². The normalized spacial score (nSPS) is 9.00. The molecule has 17 heavy (non-hydrogen) atoms. The van der Waals surface area contributed by atoms with Gasteiger partial charge in [-0.05, 0) is 6.42 Å². The van der Waals surface area contributed by atoms with Crippen LogP contribution in [0.1, 0.15) is 13.3 Å². The monoisotopic (exact) mass is 240 g/mol. The topological polar surface area (TPSA) is 102 Å². The molecule has 0 aromatic carbocycles. The van der Waals surface area contributed by atoms with Crippen molar-refractivity contribution in [1.82, 2.24) is 15.5 Å².